The second-order valence-electron chi connectivity index (χ2n) is 10.2. The predicted octanol–water partition coefficient (Wildman–Crippen LogP) is 0.368. The first-order valence-corrected chi connectivity index (χ1v) is 15.3. The number of H-pyrrole nitrogens is 2. The molecule has 15 nitrogen and oxygen atoms in total. The quantitative estimate of drug-likeness (QED) is 0.0994. The fourth-order valence-corrected chi connectivity index (χ4v) is 7.91. The molecule has 2 aliphatic heterocycles. The van der Waals surface area contributed by atoms with Gasteiger partial charge in [-0.05, 0) is 37.7 Å². The van der Waals surface area contributed by atoms with Crippen LogP contribution >= 0.6 is 11.3 Å². The highest BCUT2D eigenvalue weighted by Gasteiger charge is 2.38. The van der Waals surface area contributed by atoms with Crippen molar-refractivity contribution >= 4 is 44.0 Å². The van der Waals surface area contributed by atoms with E-state index in [1.165, 1.54) is 21.7 Å². The number of sulfonamides is 1. The summed E-state index contributed by atoms with van der Waals surface area (Å²) >= 11 is 1.42. The monoisotopic (exact) mass is 599 g/mol. The van der Waals surface area contributed by atoms with E-state index in [-0.39, 0.29) is 36.4 Å². The molecule has 0 bridgehead atoms. The van der Waals surface area contributed by atoms with Crippen molar-refractivity contribution in [3.63, 3.8) is 0 Å². The van der Waals surface area contributed by atoms with Crippen LogP contribution in [0.25, 0.3) is 10.9 Å². The first-order valence-electron chi connectivity index (χ1n) is 13.0. The lowest BCUT2D eigenvalue weighted by atomic mass is 10.1. The number of hydrogen-bond acceptors (Lipinski definition) is 11. The number of aryl methyl sites for hydroxylation is 1. The van der Waals surface area contributed by atoms with E-state index in [2.05, 4.69) is 40.6 Å². The van der Waals surface area contributed by atoms with Crippen LogP contribution in [0.2, 0.25) is 0 Å². The van der Waals surface area contributed by atoms with Gasteiger partial charge in [0.25, 0.3) is 15.9 Å². The van der Waals surface area contributed by atoms with Gasteiger partial charge in [-0.15, -0.1) is 21.5 Å². The number of aromatic nitrogens is 6. The molecule has 1 saturated heterocycles. The van der Waals surface area contributed by atoms with Gasteiger partial charge < -0.3 is 25.7 Å². The fraction of sp³-hybridized carbons (Fsp3) is 0.417. The highest BCUT2D eigenvalue weighted by Crippen LogP contribution is 2.29. The molecular weight excluding hydrogens is 570 g/mol. The summed E-state index contributed by atoms with van der Waals surface area (Å²) in [6, 6.07) is 6.07. The van der Waals surface area contributed by atoms with Crippen LogP contribution in [0.1, 0.15) is 38.2 Å². The Balaban J connectivity index is 1.26. The second kappa shape index (κ2) is 10.8. The zero-order valence-electron chi connectivity index (χ0n) is 22.2. The van der Waals surface area contributed by atoms with E-state index in [1.54, 1.807) is 23.1 Å². The summed E-state index contributed by atoms with van der Waals surface area (Å²) in [4.78, 5) is 26.4. The van der Waals surface area contributed by atoms with Crippen molar-refractivity contribution in [2.24, 2.45) is 10.9 Å². The molecule has 0 spiro atoms. The van der Waals surface area contributed by atoms with Gasteiger partial charge in [0.2, 0.25) is 0 Å². The number of thiazole rings is 1. The molecule has 4 aromatic rings. The number of oxime groups is 1. The minimum absolute atomic E-state index is 0.0255. The predicted molar refractivity (Wildman–Crippen MR) is 149 cm³/mol. The number of amides is 1. The van der Waals surface area contributed by atoms with Crippen molar-refractivity contribution in [1.29, 1.82) is 0 Å². The second-order valence-corrected chi connectivity index (χ2v) is 13.2. The number of likely N-dealkylation sites (N-methyl/N-ethyl adjacent to an activating group) is 1. The Morgan fingerprint density at radius 3 is 2.90 bits per heavy atom. The highest BCUT2D eigenvalue weighted by atomic mass is 32.2. The minimum atomic E-state index is -3.93. The lowest BCUT2D eigenvalue weighted by Gasteiger charge is -2.40. The largest absolute Gasteiger partial charge is 0.409 e. The molecule has 0 saturated carbocycles. The van der Waals surface area contributed by atoms with Gasteiger partial charge in [0.05, 0.1) is 5.69 Å². The highest BCUT2D eigenvalue weighted by molar-refractivity contribution is 7.89. The van der Waals surface area contributed by atoms with E-state index >= 15 is 0 Å². The van der Waals surface area contributed by atoms with Gasteiger partial charge in [0.1, 0.15) is 5.03 Å². The van der Waals surface area contributed by atoms with Gasteiger partial charge in [-0.2, -0.15) is 9.52 Å². The topological polar surface area (TPSA) is 203 Å². The van der Waals surface area contributed by atoms with Crippen molar-refractivity contribution in [3.8, 4) is 0 Å². The Bertz CT molecular complexity index is 1710. The van der Waals surface area contributed by atoms with Crippen LogP contribution in [0.5, 0.6) is 0 Å². The third-order valence-corrected chi connectivity index (χ3v) is 10.4. The maximum Gasteiger partial charge on any atom is 0.283 e. The first-order chi connectivity index (χ1) is 19.7. The molecule has 3 aromatic heterocycles. The fourth-order valence-electron chi connectivity index (χ4n) is 5.28. The lowest BCUT2D eigenvalue weighted by Crippen LogP contribution is -2.56. The van der Waals surface area contributed by atoms with E-state index in [4.69, 9.17) is 10.9 Å². The third kappa shape index (κ3) is 5.28. The van der Waals surface area contributed by atoms with Crippen molar-refractivity contribution in [1.82, 2.24) is 44.7 Å². The summed E-state index contributed by atoms with van der Waals surface area (Å²) < 4.78 is 28.9. The Morgan fingerprint density at radius 1 is 1.27 bits per heavy atom. The molecule has 1 unspecified atom stereocenters. The maximum atomic E-state index is 13.8. The molecule has 1 amide bonds. The van der Waals surface area contributed by atoms with Crippen molar-refractivity contribution in [2.45, 2.75) is 36.9 Å². The number of piperazine rings is 1. The average molecular weight is 600 g/mol. The van der Waals surface area contributed by atoms with Crippen molar-refractivity contribution in [3.05, 3.63) is 51.2 Å². The standard InChI is InChI=1S/C24H29N11O4S2/c1-33-7-6-18-19(13-33)40-23(27-18)24(36)35-9-8-34(12-16(35)3-5-20-28-31-32-29-20)41(38,39)21-11-15-10-14(22(25)30-37)2-4-17(15)26-21/h2,4,10-11,16,26,37H,3,5-9,12-13H2,1H3,(H2,25,30)(H,28,29,31,32). The van der Waals surface area contributed by atoms with Gasteiger partial charge in [-0.3, -0.25) is 4.79 Å². The number of carbonyl (C=O) groups is 1. The van der Waals surface area contributed by atoms with Crippen molar-refractivity contribution in [2.75, 3.05) is 33.2 Å². The van der Waals surface area contributed by atoms with E-state index in [0.717, 1.165) is 30.1 Å². The third-order valence-electron chi connectivity index (χ3n) is 7.52. The summed E-state index contributed by atoms with van der Waals surface area (Å²) in [5, 5.41) is 27.1. The zero-order chi connectivity index (χ0) is 28.7. The van der Waals surface area contributed by atoms with Crippen LogP contribution in [0.15, 0.2) is 34.4 Å². The number of amidine groups is 1. The zero-order valence-corrected chi connectivity index (χ0v) is 23.8. The van der Waals surface area contributed by atoms with Gasteiger partial charge in [-0.25, -0.2) is 13.4 Å². The maximum absolute atomic E-state index is 13.8. The Kier molecular flexibility index (Phi) is 7.18. The van der Waals surface area contributed by atoms with Gasteiger partial charge in [0.15, 0.2) is 16.7 Å². The molecule has 5 heterocycles. The number of hydrogen-bond donors (Lipinski definition) is 4. The normalized spacial score (nSPS) is 19.1. The number of nitrogens with zero attached hydrogens (tertiary/aromatic N) is 8. The van der Waals surface area contributed by atoms with E-state index < -0.39 is 16.1 Å². The molecule has 5 N–H and O–H groups in total. The molecule has 216 valence electrons. The molecule has 6 rings (SSSR count). The number of nitrogens with one attached hydrogen (secondary N) is 2. The minimum Gasteiger partial charge on any atom is -0.409 e. The summed E-state index contributed by atoms with van der Waals surface area (Å²) in [6.45, 7) is 2.10. The summed E-state index contributed by atoms with van der Waals surface area (Å²) in [5.41, 5.74) is 7.73. The molecule has 2 aliphatic rings. The van der Waals surface area contributed by atoms with Crippen molar-refractivity contribution < 1.29 is 18.4 Å². The average Bonchev–Trinajstić information content (AvgIpc) is 3.74. The Morgan fingerprint density at radius 2 is 2.12 bits per heavy atom. The molecule has 0 radical (unpaired) electrons. The molecule has 1 fully saturated rings. The SMILES string of the molecule is CN1CCc2nc(C(=O)N3CCN(S(=O)(=O)c4cc5cc(C(N)=NO)ccc5[nH]4)CC3CCc3nn[nH]n3)sc2C1. The molecule has 1 aromatic carbocycles. The van der Waals surface area contributed by atoms with Crippen LogP contribution in [0, 0.1) is 0 Å². The van der Waals surface area contributed by atoms with E-state index in [0.29, 0.717) is 40.1 Å². The number of fused-ring (bicyclic) bond motifs is 2. The van der Waals surface area contributed by atoms with E-state index in [9.17, 15) is 13.2 Å². The molecule has 17 heteroatoms. The molecular formula is C24H29N11O4S2. The summed E-state index contributed by atoms with van der Waals surface area (Å²) in [5.74, 6) is 0.224. The number of carbonyl (C=O) groups excluding carboxylic acids is 1. The number of tetrazole rings is 1. The van der Waals surface area contributed by atoms with Crippen LogP contribution in [0.3, 0.4) is 0 Å². The Hall–Kier alpha value is -3.93. The Labute approximate surface area is 239 Å². The first kappa shape index (κ1) is 27.3. The molecule has 1 atom stereocenters. The van der Waals surface area contributed by atoms with Crippen LogP contribution in [0.4, 0.5) is 0 Å². The van der Waals surface area contributed by atoms with Gasteiger partial charge in [-0.1, -0.05) is 10.4 Å². The van der Waals surface area contributed by atoms with Gasteiger partial charge in [0, 0.05) is 73.0 Å². The summed E-state index contributed by atoms with van der Waals surface area (Å²) in [7, 11) is -1.88. The smallest absolute Gasteiger partial charge is 0.283 e. The van der Waals surface area contributed by atoms with Gasteiger partial charge >= 0.3 is 0 Å². The van der Waals surface area contributed by atoms with Crippen LogP contribution in [-0.4, -0.2) is 109 Å². The number of benzene rings is 1. The summed E-state index contributed by atoms with van der Waals surface area (Å²) in [6.07, 6.45) is 1.66. The number of aromatic amines is 2. The number of rotatable bonds is 7. The lowest BCUT2D eigenvalue weighted by molar-refractivity contribution is 0.0550. The van der Waals surface area contributed by atoms with E-state index in [1.807, 2.05) is 7.05 Å². The molecule has 0 aliphatic carbocycles. The van der Waals surface area contributed by atoms with Crippen LogP contribution in [-0.2, 0) is 29.4 Å². The number of nitrogens with two attached hydrogens (primary N) is 1. The molecule has 41 heavy (non-hydrogen) atoms. The van der Waals surface area contributed by atoms with Crippen LogP contribution < -0.4 is 5.73 Å².